The molecule has 3 saturated heterocycles. The standard InChI is InChI=1S/C28H34F3N5O4S/c29-28(30,31)27(8-9-27)19-1-6-24(33-17-19)34-22-7-14-36(18-23(22)37)41(39,40)21-4-2-20(3-5-21)35-15-11-26(12-16-35)10-13-32-25(26)38/h1-6,17,22-23,37H,7-16,18H2,(H,32,38)(H,33,34)/t22-,23+/m1/s1. The van der Waals surface area contributed by atoms with E-state index in [0.717, 1.165) is 44.6 Å². The summed E-state index contributed by atoms with van der Waals surface area (Å²) in [5, 5.41) is 16.7. The molecular formula is C28H34F3N5O4S. The fourth-order valence-corrected chi connectivity index (χ4v) is 7.94. The summed E-state index contributed by atoms with van der Waals surface area (Å²) in [5.74, 6) is 0.473. The molecule has 1 amide bonds. The Kier molecular flexibility index (Phi) is 6.97. The Morgan fingerprint density at radius 1 is 1.00 bits per heavy atom. The van der Waals surface area contributed by atoms with Crippen LogP contribution in [-0.2, 0) is 20.2 Å². The van der Waals surface area contributed by atoms with E-state index in [-0.39, 0.29) is 47.7 Å². The SMILES string of the molecule is O=C1NCCC12CCN(c1ccc(S(=O)(=O)N3CC[C@@H](Nc4ccc(C5(C(F)(F)F)CC5)cn4)[C@@H](O)C3)cc1)CC2. The largest absolute Gasteiger partial charge is 0.398 e. The number of alkyl halides is 3. The Balaban J connectivity index is 1.05. The Hall–Kier alpha value is -2.90. The number of nitrogens with one attached hydrogen (secondary N) is 2. The van der Waals surface area contributed by atoms with E-state index >= 15 is 0 Å². The molecule has 2 atom stereocenters. The highest BCUT2D eigenvalue weighted by atomic mass is 32.2. The molecule has 4 aliphatic rings. The van der Waals surface area contributed by atoms with Crippen molar-refractivity contribution in [2.75, 3.05) is 42.9 Å². The van der Waals surface area contributed by atoms with Gasteiger partial charge in [0.15, 0.2) is 0 Å². The zero-order chi connectivity index (χ0) is 29.0. The molecule has 13 heteroatoms. The molecule has 1 aromatic carbocycles. The average molecular weight is 594 g/mol. The molecule has 1 aromatic heterocycles. The molecule has 1 saturated carbocycles. The first-order valence-electron chi connectivity index (χ1n) is 14.1. The Morgan fingerprint density at radius 2 is 1.71 bits per heavy atom. The lowest BCUT2D eigenvalue weighted by Crippen LogP contribution is -2.51. The van der Waals surface area contributed by atoms with Gasteiger partial charge in [0.1, 0.15) is 5.82 Å². The van der Waals surface area contributed by atoms with Gasteiger partial charge < -0.3 is 20.6 Å². The molecule has 9 nitrogen and oxygen atoms in total. The number of pyridine rings is 1. The van der Waals surface area contributed by atoms with Crippen LogP contribution in [0.5, 0.6) is 0 Å². The van der Waals surface area contributed by atoms with Crippen LogP contribution in [0.2, 0.25) is 0 Å². The monoisotopic (exact) mass is 593 g/mol. The first kappa shape index (κ1) is 28.2. The number of hydrogen-bond donors (Lipinski definition) is 3. The zero-order valence-corrected chi connectivity index (χ0v) is 23.3. The molecule has 1 spiro atoms. The minimum absolute atomic E-state index is 0.0539. The van der Waals surface area contributed by atoms with Crippen LogP contribution in [-0.4, -0.2) is 79.8 Å². The fourth-order valence-electron chi connectivity index (χ4n) is 6.47. The molecule has 41 heavy (non-hydrogen) atoms. The van der Waals surface area contributed by atoms with Gasteiger partial charge >= 0.3 is 6.18 Å². The van der Waals surface area contributed by atoms with E-state index in [1.165, 1.54) is 22.6 Å². The predicted octanol–water partition coefficient (Wildman–Crippen LogP) is 3.02. The number of piperidine rings is 2. The molecule has 6 rings (SSSR count). The van der Waals surface area contributed by atoms with E-state index in [1.807, 2.05) is 0 Å². The van der Waals surface area contributed by atoms with Crippen molar-refractivity contribution in [1.29, 1.82) is 0 Å². The van der Waals surface area contributed by atoms with Gasteiger partial charge in [0.25, 0.3) is 0 Å². The highest BCUT2D eigenvalue weighted by molar-refractivity contribution is 7.89. The van der Waals surface area contributed by atoms with Gasteiger partial charge in [-0.15, -0.1) is 0 Å². The van der Waals surface area contributed by atoms with Crippen molar-refractivity contribution in [3.63, 3.8) is 0 Å². The van der Waals surface area contributed by atoms with E-state index in [2.05, 4.69) is 20.5 Å². The summed E-state index contributed by atoms with van der Waals surface area (Å²) in [5.41, 5.74) is -1.04. The van der Waals surface area contributed by atoms with Crippen LogP contribution in [0, 0.1) is 5.41 Å². The second-order valence-electron chi connectivity index (χ2n) is 11.7. The lowest BCUT2D eigenvalue weighted by Gasteiger charge is -2.38. The van der Waals surface area contributed by atoms with E-state index in [9.17, 15) is 31.5 Å². The maximum atomic E-state index is 13.4. The number of aliphatic hydroxyl groups excluding tert-OH is 1. The third kappa shape index (κ3) is 5.05. The predicted molar refractivity (Wildman–Crippen MR) is 146 cm³/mol. The van der Waals surface area contributed by atoms with Crippen LogP contribution in [0.4, 0.5) is 24.7 Å². The number of halogens is 3. The van der Waals surface area contributed by atoms with E-state index in [1.54, 1.807) is 24.3 Å². The smallest absolute Gasteiger partial charge is 0.390 e. The van der Waals surface area contributed by atoms with Crippen molar-refractivity contribution in [3.8, 4) is 0 Å². The molecule has 1 aliphatic carbocycles. The summed E-state index contributed by atoms with van der Waals surface area (Å²) in [6.07, 6.45) is -1.30. The molecule has 222 valence electrons. The molecule has 3 aliphatic heterocycles. The lowest BCUT2D eigenvalue weighted by atomic mass is 9.77. The third-order valence-corrected chi connectivity index (χ3v) is 11.3. The van der Waals surface area contributed by atoms with Crippen LogP contribution < -0.4 is 15.5 Å². The summed E-state index contributed by atoms with van der Waals surface area (Å²) >= 11 is 0. The highest BCUT2D eigenvalue weighted by Gasteiger charge is 2.64. The van der Waals surface area contributed by atoms with E-state index in [4.69, 9.17) is 0 Å². The van der Waals surface area contributed by atoms with E-state index in [0.29, 0.717) is 12.2 Å². The van der Waals surface area contributed by atoms with Crippen molar-refractivity contribution < 1.29 is 31.5 Å². The van der Waals surface area contributed by atoms with Crippen LogP contribution in [0.25, 0.3) is 0 Å². The summed E-state index contributed by atoms with van der Waals surface area (Å²) in [6.45, 7) is 2.24. The van der Waals surface area contributed by atoms with Crippen molar-refractivity contribution in [3.05, 3.63) is 48.2 Å². The maximum Gasteiger partial charge on any atom is 0.398 e. The number of rotatable bonds is 6. The van der Waals surface area contributed by atoms with Crippen molar-refractivity contribution in [1.82, 2.24) is 14.6 Å². The summed E-state index contributed by atoms with van der Waals surface area (Å²) < 4.78 is 68.1. The topological polar surface area (TPSA) is 115 Å². The fraction of sp³-hybridized carbons (Fsp3) is 0.571. The van der Waals surface area contributed by atoms with Gasteiger partial charge in [-0.3, -0.25) is 4.79 Å². The molecule has 4 fully saturated rings. The highest BCUT2D eigenvalue weighted by Crippen LogP contribution is 2.58. The van der Waals surface area contributed by atoms with Gasteiger partial charge in [0.2, 0.25) is 15.9 Å². The summed E-state index contributed by atoms with van der Waals surface area (Å²) in [7, 11) is -3.84. The van der Waals surface area contributed by atoms with Gasteiger partial charge in [-0.2, -0.15) is 17.5 Å². The molecule has 3 N–H and O–H groups in total. The number of aromatic nitrogens is 1. The maximum absolute atomic E-state index is 13.4. The van der Waals surface area contributed by atoms with Crippen molar-refractivity contribution >= 4 is 27.4 Å². The van der Waals surface area contributed by atoms with Gasteiger partial charge in [0, 0.05) is 44.6 Å². The molecule has 2 aromatic rings. The third-order valence-electron chi connectivity index (χ3n) is 9.42. The molecular weight excluding hydrogens is 559 g/mol. The number of sulfonamides is 1. The first-order chi connectivity index (χ1) is 19.4. The number of carbonyl (C=O) groups is 1. The van der Waals surface area contributed by atoms with Crippen LogP contribution in [0.15, 0.2) is 47.5 Å². The van der Waals surface area contributed by atoms with Gasteiger partial charge in [-0.1, -0.05) is 6.07 Å². The van der Waals surface area contributed by atoms with Crippen molar-refractivity contribution in [2.45, 2.75) is 67.2 Å². The first-order valence-corrected chi connectivity index (χ1v) is 15.5. The quantitative estimate of drug-likeness (QED) is 0.472. The minimum atomic E-state index is -4.32. The Labute approximate surface area is 237 Å². The number of β-amino-alcohol motifs (C(OH)–C–C–N with tert-alkyl or cyclic N) is 1. The summed E-state index contributed by atoms with van der Waals surface area (Å²) in [6, 6.07) is 9.11. The van der Waals surface area contributed by atoms with Crippen LogP contribution in [0.1, 0.15) is 44.1 Å². The lowest BCUT2D eigenvalue weighted by molar-refractivity contribution is -0.160. The number of aliphatic hydroxyl groups is 1. The molecule has 0 radical (unpaired) electrons. The van der Waals surface area contributed by atoms with Crippen molar-refractivity contribution in [2.24, 2.45) is 5.41 Å². The molecule has 4 heterocycles. The molecule has 0 bridgehead atoms. The number of hydrogen-bond acceptors (Lipinski definition) is 7. The van der Waals surface area contributed by atoms with Gasteiger partial charge in [0.05, 0.1) is 27.9 Å². The number of anilines is 2. The van der Waals surface area contributed by atoms with Gasteiger partial charge in [-0.05, 0) is 74.4 Å². The Bertz CT molecular complexity index is 1390. The Morgan fingerprint density at radius 3 is 2.24 bits per heavy atom. The zero-order valence-electron chi connectivity index (χ0n) is 22.5. The average Bonchev–Trinajstić information content (AvgIpc) is 3.71. The second-order valence-corrected chi connectivity index (χ2v) is 13.7. The number of benzene rings is 1. The minimum Gasteiger partial charge on any atom is -0.390 e. The molecule has 0 unspecified atom stereocenters. The number of amides is 1. The van der Waals surface area contributed by atoms with Crippen LogP contribution >= 0.6 is 0 Å². The summed E-state index contributed by atoms with van der Waals surface area (Å²) in [4.78, 5) is 18.7. The van der Waals surface area contributed by atoms with E-state index < -0.39 is 33.8 Å². The number of carbonyl (C=O) groups excluding carboxylic acids is 1. The second kappa shape index (κ2) is 10.1. The van der Waals surface area contributed by atoms with Gasteiger partial charge in [-0.25, -0.2) is 13.4 Å². The number of nitrogens with zero attached hydrogens (tertiary/aromatic N) is 3. The van der Waals surface area contributed by atoms with Crippen LogP contribution in [0.3, 0.4) is 0 Å². The normalized spacial score (nSPS) is 26.1.